The maximum atomic E-state index is 11.8. The Morgan fingerprint density at radius 3 is 2.62 bits per heavy atom. The van der Waals surface area contributed by atoms with Gasteiger partial charge >= 0.3 is 0 Å². The van der Waals surface area contributed by atoms with E-state index in [1.165, 1.54) is 0 Å². The minimum absolute atomic E-state index is 0.0381. The quantitative estimate of drug-likeness (QED) is 0.771. The minimum atomic E-state index is -3.10. The zero-order valence-corrected chi connectivity index (χ0v) is 11.0. The first-order valence-corrected chi connectivity index (χ1v) is 7.14. The molecule has 1 fully saturated rings. The Balaban J connectivity index is 2.29. The predicted molar refractivity (Wildman–Crippen MR) is 62.1 cm³/mol. The second-order valence-corrected chi connectivity index (χ2v) is 7.67. The molecule has 5 nitrogen and oxygen atoms in total. The number of ether oxygens (including phenoxy) is 2. The summed E-state index contributed by atoms with van der Waals surface area (Å²) >= 11 is 0. The van der Waals surface area contributed by atoms with Gasteiger partial charge in [0.15, 0.2) is 16.1 Å². The van der Waals surface area contributed by atoms with Crippen LogP contribution in [0.4, 0.5) is 0 Å². The van der Waals surface area contributed by atoms with Crippen molar-refractivity contribution in [2.75, 3.05) is 32.1 Å². The van der Waals surface area contributed by atoms with Crippen molar-refractivity contribution in [2.24, 2.45) is 0 Å². The van der Waals surface area contributed by atoms with Gasteiger partial charge in [0.1, 0.15) is 0 Å². The first-order valence-electron chi connectivity index (χ1n) is 5.49. The monoisotopic (exact) mass is 251 g/mol. The highest BCUT2D eigenvalue weighted by atomic mass is 32.2. The highest BCUT2D eigenvalue weighted by molar-refractivity contribution is 7.92. The van der Waals surface area contributed by atoms with Crippen molar-refractivity contribution in [2.45, 2.75) is 31.8 Å². The summed E-state index contributed by atoms with van der Waals surface area (Å²) in [4.78, 5) is 0. The average molecular weight is 251 g/mol. The fraction of sp³-hybridized carbons (Fsp3) is 1.00. The lowest BCUT2D eigenvalue weighted by Gasteiger charge is -2.24. The molecule has 1 N–H and O–H groups in total. The number of rotatable bonds is 4. The topological polar surface area (TPSA) is 64.6 Å². The van der Waals surface area contributed by atoms with Crippen LogP contribution in [-0.2, 0) is 19.3 Å². The van der Waals surface area contributed by atoms with E-state index in [0.717, 1.165) is 6.54 Å². The van der Waals surface area contributed by atoms with Crippen LogP contribution in [0.1, 0.15) is 20.8 Å². The Kier molecular flexibility index (Phi) is 4.73. The maximum absolute atomic E-state index is 11.8. The van der Waals surface area contributed by atoms with Crippen LogP contribution in [0.5, 0.6) is 0 Å². The lowest BCUT2D eigenvalue weighted by Crippen LogP contribution is -2.41. The molecular formula is C10H21NO4S. The molecule has 1 saturated heterocycles. The largest absolute Gasteiger partial charge is 0.350 e. The van der Waals surface area contributed by atoms with Crippen molar-refractivity contribution in [1.82, 2.24) is 5.32 Å². The lowest BCUT2D eigenvalue weighted by atomic mass is 10.3. The Hall–Kier alpha value is -0.170. The molecule has 1 heterocycles. The summed E-state index contributed by atoms with van der Waals surface area (Å²) in [6.45, 7) is 7.32. The van der Waals surface area contributed by atoms with Crippen LogP contribution in [0.3, 0.4) is 0 Å². The van der Waals surface area contributed by atoms with Gasteiger partial charge in [-0.2, -0.15) is 0 Å². The van der Waals surface area contributed by atoms with Gasteiger partial charge in [-0.05, 0) is 20.8 Å². The van der Waals surface area contributed by atoms with Crippen molar-refractivity contribution < 1.29 is 17.9 Å². The molecule has 0 amide bonds. The van der Waals surface area contributed by atoms with Gasteiger partial charge in [0.25, 0.3) is 0 Å². The summed E-state index contributed by atoms with van der Waals surface area (Å²) in [6, 6.07) is 0. The number of nitrogens with one attached hydrogen (secondary N) is 1. The maximum Gasteiger partial charge on any atom is 0.169 e. The van der Waals surface area contributed by atoms with Gasteiger partial charge in [0, 0.05) is 13.1 Å². The average Bonchev–Trinajstić information content (AvgIpc) is 2.17. The summed E-state index contributed by atoms with van der Waals surface area (Å²) in [6.07, 6.45) is -0.316. The summed E-state index contributed by atoms with van der Waals surface area (Å²) in [5.74, 6) is 0.0381. The van der Waals surface area contributed by atoms with Gasteiger partial charge in [-0.25, -0.2) is 8.42 Å². The van der Waals surface area contributed by atoms with Crippen molar-refractivity contribution in [3.63, 3.8) is 0 Å². The molecule has 16 heavy (non-hydrogen) atoms. The summed E-state index contributed by atoms with van der Waals surface area (Å²) in [5, 5.41) is 3.11. The summed E-state index contributed by atoms with van der Waals surface area (Å²) in [7, 11) is -3.10. The smallest absolute Gasteiger partial charge is 0.169 e. The number of morpholine rings is 1. The fourth-order valence-corrected chi connectivity index (χ4v) is 2.17. The molecule has 0 aromatic rings. The van der Waals surface area contributed by atoms with Gasteiger partial charge in [-0.15, -0.1) is 0 Å². The first kappa shape index (κ1) is 13.9. The Morgan fingerprint density at radius 1 is 1.44 bits per heavy atom. The van der Waals surface area contributed by atoms with E-state index in [9.17, 15) is 8.42 Å². The van der Waals surface area contributed by atoms with Crippen molar-refractivity contribution in [1.29, 1.82) is 0 Å². The number of hydrogen-bond acceptors (Lipinski definition) is 5. The molecule has 1 aliphatic heterocycles. The minimum Gasteiger partial charge on any atom is -0.350 e. The van der Waals surface area contributed by atoms with E-state index in [2.05, 4.69) is 5.32 Å². The molecule has 0 bridgehead atoms. The van der Waals surface area contributed by atoms with Crippen LogP contribution in [0.25, 0.3) is 0 Å². The SMILES string of the molecule is CC(C)(C)S(=O)(=O)CCOC1CNCCO1. The van der Waals surface area contributed by atoms with E-state index >= 15 is 0 Å². The molecule has 1 aliphatic rings. The van der Waals surface area contributed by atoms with Gasteiger partial charge in [-0.3, -0.25) is 0 Å². The number of sulfone groups is 1. The second-order valence-electron chi connectivity index (χ2n) is 4.81. The Bertz CT molecular complexity index is 301. The molecule has 0 radical (unpaired) electrons. The molecule has 0 aliphatic carbocycles. The van der Waals surface area contributed by atoms with Crippen LogP contribution < -0.4 is 5.32 Å². The highest BCUT2D eigenvalue weighted by Crippen LogP contribution is 2.15. The normalized spacial score (nSPS) is 23.3. The highest BCUT2D eigenvalue weighted by Gasteiger charge is 2.28. The van der Waals surface area contributed by atoms with Gasteiger partial charge < -0.3 is 14.8 Å². The van der Waals surface area contributed by atoms with Crippen LogP contribution in [0.15, 0.2) is 0 Å². The van der Waals surface area contributed by atoms with Crippen LogP contribution in [0, 0.1) is 0 Å². The van der Waals surface area contributed by atoms with E-state index < -0.39 is 14.6 Å². The molecule has 0 saturated carbocycles. The molecule has 0 aromatic heterocycles. The van der Waals surface area contributed by atoms with Gasteiger partial charge in [0.2, 0.25) is 0 Å². The molecule has 96 valence electrons. The molecule has 0 aromatic carbocycles. The molecule has 1 unspecified atom stereocenters. The van der Waals surface area contributed by atoms with Crippen LogP contribution in [0.2, 0.25) is 0 Å². The lowest BCUT2D eigenvalue weighted by molar-refractivity contribution is -0.149. The van der Waals surface area contributed by atoms with E-state index in [4.69, 9.17) is 9.47 Å². The van der Waals surface area contributed by atoms with Crippen LogP contribution in [-0.4, -0.2) is 51.5 Å². The van der Waals surface area contributed by atoms with Crippen LogP contribution >= 0.6 is 0 Å². The standard InChI is InChI=1S/C10H21NO4S/c1-10(2,3)16(12,13)7-6-15-9-8-11-4-5-14-9/h9,11H,4-8H2,1-3H3. The predicted octanol–water partition coefficient (Wildman–Crippen LogP) is 0.162. The zero-order chi connectivity index (χ0) is 12.2. The molecular weight excluding hydrogens is 230 g/mol. The van der Waals surface area contributed by atoms with Gasteiger partial charge in [-0.1, -0.05) is 0 Å². The molecule has 1 rings (SSSR count). The molecule has 6 heteroatoms. The summed E-state index contributed by atoms with van der Waals surface area (Å²) < 4.78 is 33.4. The third kappa shape index (κ3) is 4.01. The van der Waals surface area contributed by atoms with E-state index in [1.54, 1.807) is 20.8 Å². The summed E-state index contributed by atoms with van der Waals surface area (Å²) in [5.41, 5.74) is 0. The van der Waals surface area contributed by atoms with E-state index in [-0.39, 0.29) is 18.6 Å². The Morgan fingerprint density at radius 2 is 2.12 bits per heavy atom. The van der Waals surface area contributed by atoms with Crippen molar-refractivity contribution in [3.05, 3.63) is 0 Å². The molecule has 1 atom stereocenters. The van der Waals surface area contributed by atoms with Gasteiger partial charge in [0.05, 0.1) is 23.7 Å². The van der Waals surface area contributed by atoms with Crippen molar-refractivity contribution >= 4 is 9.84 Å². The number of hydrogen-bond donors (Lipinski definition) is 1. The zero-order valence-electron chi connectivity index (χ0n) is 10.2. The second kappa shape index (κ2) is 5.44. The van der Waals surface area contributed by atoms with E-state index in [0.29, 0.717) is 13.2 Å². The Labute approximate surface area is 97.4 Å². The van der Waals surface area contributed by atoms with E-state index in [1.807, 2.05) is 0 Å². The fourth-order valence-electron chi connectivity index (χ4n) is 1.24. The third-order valence-corrected chi connectivity index (χ3v) is 5.05. The first-order chi connectivity index (χ1) is 7.33. The molecule has 0 spiro atoms. The third-order valence-electron chi connectivity index (χ3n) is 2.48. The van der Waals surface area contributed by atoms with Crippen molar-refractivity contribution in [3.8, 4) is 0 Å².